The Balaban J connectivity index is -0.000000428. The number of benzene rings is 1. The van der Waals surface area contributed by atoms with Crippen molar-refractivity contribution in [3.8, 4) is 5.75 Å². The van der Waals surface area contributed by atoms with Gasteiger partial charge in [0.2, 0.25) is 0 Å². The standard InChI is InChI=1S/C13H26.C9H12O.C9H14.C4H10/c1-5-8-11-12(4)13(9-6-2)10-7-3;1-3-8-5-4-6-9(7-8)10-2;1-4-7-9(6-3)8-5-2;1-3-4-2/h13H,4-11H2,1-3H3;4-7H,3H2,1-2H3;4-5,7-8H,1,6H2,2-3H3;3-4H2,1-2H3/b;;8-5-,9-7-;. The maximum absolute atomic E-state index is 5.06. The van der Waals surface area contributed by atoms with Crippen molar-refractivity contribution in [3.05, 3.63) is 78.4 Å². The number of unbranched alkanes of at least 4 members (excludes halogenated alkanes) is 2. The quantitative estimate of drug-likeness (QED) is 0.183. The monoisotopic (exact) mass is 498 g/mol. The van der Waals surface area contributed by atoms with Crippen LogP contribution in [0.5, 0.6) is 5.75 Å². The summed E-state index contributed by atoms with van der Waals surface area (Å²) >= 11 is 0. The normalized spacial score (nSPS) is 10.4. The van der Waals surface area contributed by atoms with Gasteiger partial charge in [0.05, 0.1) is 7.11 Å². The van der Waals surface area contributed by atoms with Crippen molar-refractivity contribution in [2.45, 2.75) is 126 Å². The van der Waals surface area contributed by atoms with Crippen LogP contribution >= 0.6 is 0 Å². The lowest BCUT2D eigenvalue weighted by Gasteiger charge is -2.18. The van der Waals surface area contributed by atoms with Crippen LogP contribution in [0.4, 0.5) is 0 Å². The largest absolute Gasteiger partial charge is 0.497 e. The van der Waals surface area contributed by atoms with Gasteiger partial charge in [-0.25, -0.2) is 0 Å². The van der Waals surface area contributed by atoms with Gasteiger partial charge in [0.15, 0.2) is 0 Å². The highest BCUT2D eigenvalue weighted by atomic mass is 16.5. The van der Waals surface area contributed by atoms with E-state index in [1.54, 1.807) is 7.11 Å². The fourth-order valence-corrected chi connectivity index (χ4v) is 3.41. The molecule has 0 bridgehead atoms. The number of ether oxygens (including phenoxy) is 1. The Hall–Kier alpha value is -2.02. The van der Waals surface area contributed by atoms with E-state index >= 15 is 0 Å². The molecule has 0 amide bonds. The zero-order chi connectivity index (χ0) is 28.0. The summed E-state index contributed by atoms with van der Waals surface area (Å²) in [5.74, 6) is 1.75. The van der Waals surface area contributed by atoms with E-state index in [1.807, 2.05) is 37.3 Å². The van der Waals surface area contributed by atoms with E-state index in [0.717, 1.165) is 24.5 Å². The first-order chi connectivity index (χ1) is 17.4. The van der Waals surface area contributed by atoms with Crippen LogP contribution in [0.25, 0.3) is 0 Å². The molecule has 36 heavy (non-hydrogen) atoms. The highest BCUT2D eigenvalue weighted by Gasteiger charge is 2.09. The van der Waals surface area contributed by atoms with Crippen LogP contribution < -0.4 is 4.74 Å². The molecule has 1 aromatic rings. The maximum atomic E-state index is 5.06. The second-order valence-electron chi connectivity index (χ2n) is 9.07. The molecule has 0 unspecified atom stereocenters. The molecule has 0 aromatic heterocycles. The van der Waals surface area contributed by atoms with Crippen LogP contribution in [0.1, 0.15) is 125 Å². The van der Waals surface area contributed by atoms with Crippen molar-refractivity contribution in [2.75, 3.05) is 7.11 Å². The van der Waals surface area contributed by atoms with E-state index < -0.39 is 0 Å². The summed E-state index contributed by atoms with van der Waals surface area (Å²) in [7, 11) is 1.69. The van der Waals surface area contributed by atoms with Crippen LogP contribution in [-0.4, -0.2) is 7.11 Å². The molecule has 0 aliphatic heterocycles. The zero-order valence-corrected chi connectivity index (χ0v) is 25.8. The summed E-state index contributed by atoms with van der Waals surface area (Å²) < 4.78 is 5.06. The van der Waals surface area contributed by atoms with Gasteiger partial charge in [0, 0.05) is 0 Å². The summed E-state index contributed by atoms with van der Waals surface area (Å²) in [6.45, 7) is 25.3. The van der Waals surface area contributed by atoms with Gasteiger partial charge in [0.1, 0.15) is 5.75 Å². The minimum atomic E-state index is 0.807. The molecule has 1 aromatic carbocycles. The van der Waals surface area contributed by atoms with Crippen LogP contribution in [0.15, 0.2) is 72.9 Å². The minimum Gasteiger partial charge on any atom is -0.497 e. The SMILES string of the molecule is C=C(CCCC)C(CCC)CCC.C=C/C=C(\C=C/C)CC.CCCC.CCc1cccc(OC)c1. The smallest absolute Gasteiger partial charge is 0.119 e. The van der Waals surface area contributed by atoms with Crippen LogP contribution in [-0.2, 0) is 6.42 Å². The van der Waals surface area contributed by atoms with Gasteiger partial charge in [-0.2, -0.15) is 0 Å². The second kappa shape index (κ2) is 31.0. The third-order valence-corrected chi connectivity index (χ3v) is 5.87. The summed E-state index contributed by atoms with van der Waals surface area (Å²) in [6, 6.07) is 8.12. The molecular weight excluding hydrogens is 436 g/mol. The Morgan fingerprint density at radius 1 is 0.917 bits per heavy atom. The van der Waals surface area contributed by atoms with Crippen LogP contribution in [0.3, 0.4) is 0 Å². The third-order valence-electron chi connectivity index (χ3n) is 5.87. The van der Waals surface area contributed by atoms with Gasteiger partial charge in [-0.1, -0.05) is 136 Å². The lowest BCUT2D eigenvalue weighted by atomic mass is 9.88. The summed E-state index contributed by atoms with van der Waals surface area (Å²) in [5.41, 5.74) is 4.15. The van der Waals surface area contributed by atoms with Gasteiger partial charge in [-0.05, 0) is 74.6 Å². The van der Waals surface area contributed by atoms with E-state index in [2.05, 4.69) is 79.8 Å². The van der Waals surface area contributed by atoms with E-state index in [1.165, 1.54) is 74.5 Å². The Morgan fingerprint density at radius 2 is 1.53 bits per heavy atom. The van der Waals surface area contributed by atoms with Gasteiger partial charge in [0.25, 0.3) is 0 Å². The summed E-state index contributed by atoms with van der Waals surface area (Å²) in [6.07, 6.45) is 21.9. The first-order valence-electron chi connectivity index (χ1n) is 14.6. The van der Waals surface area contributed by atoms with Gasteiger partial charge in [-0.3, -0.25) is 0 Å². The molecule has 0 radical (unpaired) electrons. The van der Waals surface area contributed by atoms with Crippen LogP contribution in [0, 0.1) is 5.92 Å². The highest BCUT2D eigenvalue weighted by molar-refractivity contribution is 5.28. The van der Waals surface area contributed by atoms with Crippen molar-refractivity contribution >= 4 is 0 Å². The number of hydrogen-bond acceptors (Lipinski definition) is 1. The van der Waals surface area contributed by atoms with Gasteiger partial charge in [-0.15, -0.1) is 0 Å². The first-order valence-corrected chi connectivity index (χ1v) is 14.6. The molecule has 1 heteroatoms. The highest BCUT2D eigenvalue weighted by Crippen LogP contribution is 2.25. The number of methoxy groups -OCH3 is 1. The molecule has 0 spiro atoms. The van der Waals surface area contributed by atoms with Crippen molar-refractivity contribution in [1.29, 1.82) is 0 Å². The Bertz CT molecular complexity index is 638. The lowest BCUT2D eigenvalue weighted by Crippen LogP contribution is -2.03. The number of rotatable bonds is 14. The third kappa shape index (κ3) is 25.1. The average Bonchev–Trinajstić information content (AvgIpc) is 2.92. The summed E-state index contributed by atoms with van der Waals surface area (Å²) in [5, 5.41) is 0. The molecule has 1 nitrogen and oxygen atoms in total. The molecule has 0 aliphatic carbocycles. The van der Waals surface area contributed by atoms with E-state index in [-0.39, 0.29) is 0 Å². The van der Waals surface area contributed by atoms with Gasteiger partial charge >= 0.3 is 0 Å². The molecule has 0 heterocycles. The predicted octanol–water partition coefficient (Wildman–Crippen LogP) is 12.1. The Kier molecular flexibility index (Phi) is 33.2. The molecule has 0 aliphatic rings. The Morgan fingerprint density at radius 3 is 1.92 bits per heavy atom. The number of allylic oxidation sites excluding steroid dienone is 6. The maximum Gasteiger partial charge on any atom is 0.119 e. The lowest BCUT2D eigenvalue weighted by molar-refractivity contribution is 0.414. The average molecular weight is 499 g/mol. The fraction of sp³-hybridized carbons (Fsp3) is 0.600. The van der Waals surface area contributed by atoms with Gasteiger partial charge < -0.3 is 4.74 Å². The van der Waals surface area contributed by atoms with Crippen molar-refractivity contribution in [1.82, 2.24) is 0 Å². The summed E-state index contributed by atoms with van der Waals surface area (Å²) in [4.78, 5) is 0. The second-order valence-corrected chi connectivity index (χ2v) is 9.07. The molecular formula is C35H62O. The number of aryl methyl sites for hydroxylation is 1. The van der Waals surface area contributed by atoms with E-state index in [4.69, 9.17) is 4.74 Å². The number of hydrogen-bond donors (Lipinski definition) is 0. The minimum absolute atomic E-state index is 0.807. The topological polar surface area (TPSA) is 9.23 Å². The fourth-order valence-electron chi connectivity index (χ4n) is 3.41. The first kappa shape index (κ1) is 38.5. The predicted molar refractivity (Wildman–Crippen MR) is 168 cm³/mol. The van der Waals surface area contributed by atoms with E-state index in [9.17, 15) is 0 Å². The van der Waals surface area contributed by atoms with Crippen molar-refractivity contribution in [3.63, 3.8) is 0 Å². The molecule has 208 valence electrons. The molecule has 0 fully saturated rings. The molecule has 1 rings (SSSR count). The molecule has 0 saturated carbocycles. The van der Waals surface area contributed by atoms with Crippen LogP contribution in [0.2, 0.25) is 0 Å². The molecule has 0 atom stereocenters. The van der Waals surface area contributed by atoms with Crippen molar-refractivity contribution < 1.29 is 4.74 Å². The van der Waals surface area contributed by atoms with Crippen molar-refractivity contribution in [2.24, 2.45) is 5.92 Å². The zero-order valence-electron chi connectivity index (χ0n) is 25.8. The Labute approximate surface area is 227 Å². The molecule has 0 saturated heterocycles. The molecule has 0 N–H and O–H groups in total. The van der Waals surface area contributed by atoms with E-state index in [0.29, 0.717) is 0 Å².